The van der Waals surface area contributed by atoms with Crippen LogP contribution in [0.5, 0.6) is 5.75 Å². The minimum Gasteiger partial charge on any atom is -0.502 e. The molecule has 3 aliphatic heterocycles. The molecule has 32 heavy (non-hydrogen) atoms. The summed E-state index contributed by atoms with van der Waals surface area (Å²) < 4.78 is 1.75. The molecule has 4 heterocycles. The molecular weight excluding hydrogens is 422 g/mol. The third kappa shape index (κ3) is 2.21. The lowest BCUT2D eigenvalue weighted by Gasteiger charge is -2.51. The number of fused-ring (bicyclic) bond motifs is 2. The van der Waals surface area contributed by atoms with Gasteiger partial charge in [-0.25, -0.2) is 0 Å². The second kappa shape index (κ2) is 6.42. The Bertz CT molecular complexity index is 1330. The maximum absolute atomic E-state index is 13.4. The molecule has 6 nitrogen and oxygen atoms in total. The zero-order chi connectivity index (χ0) is 21.6. The summed E-state index contributed by atoms with van der Waals surface area (Å²) in [5, 5.41) is 12.9. The van der Waals surface area contributed by atoms with E-state index in [2.05, 4.69) is 41.4 Å². The molecule has 0 spiro atoms. The van der Waals surface area contributed by atoms with Gasteiger partial charge in [0, 0.05) is 35.0 Å². The van der Waals surface area contributed by atoms with Crippen molar-refractivity contribution in [1.82, 2.24) is 9.58 Å². The van der Waals surface area contributed by atoms with Crippen molar-refractivity contribution in [2.24, 2.45) is 0 Å². The summed E-state index contributed by atoms with van der Waals surface area (Å²) in [7, 11) is 0. The molecular formula is C25H21N3O3S. The van der Waals surface area contributed by atoms with E-state index < -0.39 is 11.2 Å². The minimum absolute atomic E-state index is 0.0715. The van der Waals surface area contributed by atoms with Gasteiger partial charge in [0.15, 0.2) is 11.4 Å². The Morgan fingerprint density at radius 2 is 1.78 bits per heavy atom. The Morgan fingerprint density at radius 3 is 2.66 bits per heavy atom. The van der Waals surface area contributed by atoms with Crippen molar-refractivity contribution in [2.45, 2.75) is 42.1 Å². The third-order valence-corrected chi connectivity index (χ3v) is 8.38. The van der Waals surface area contributed by atoms with Gasteiger partial charge in [0.05, 0.1) is 6.04 Å². The van der Waals surface area contributed by atoms with Crippen LogP contribution in [0, 0.1) is 0 Å². The molecule has 0 bridgehead atoms. The Morgan fingerprint density at radius 1 is 0.969 bits per heavy atom. The molecule has 2 unspecified atom stereocenters. The highest BCUT2D eigenvalue weighted by atomic mass is 32.2. The average molecular weight is 444 g/mol. The number of hydrogen-bond acceptors (Lipinski definition) is 5. The van der Waals surface area contributed by atoms with Crippen molar-refractivity contribution in [3.63, 3.8) is 0 Å². The van der Waals surface area contributed by atoms with E-state index in [0.29, 0.717) is 6.54 Å². The van der Waals surface area contributed by atoms with Gasteiger partial charge < -0.3 is 10.0 Å². The van der Waals surface area contributed by atoms with Gasteiger partial charge in [-0.3, -0.25) is 19.3 Å². The standard InChI is InChI=1S/C25H21N3O3S/c29-17-10-12-27-23(24(17)30)25(31)26-11-2-1-9-19(26)28(27)22-15-6-3-5-14-13-32-18-8-4-7-16(22)21(18)20(14)15/h3-8,10,12,19,22,30H,1-2,9,11,13H2. The Labute approximate surface area is 189 Å². The van der Waals surface area contributed by atoms with Crippen molar-refractivity contribution in [1.29, 1.82) is 0 Å². The van der Waals surface area contributed by atoms with Crippen molar-refractivity contribution in [2.75, 3.05) is 11.6 Å². The van der Waals surface area contributed by atoms with Crippen LogP contribution in [0.4, 0.5) is 0 Å². The molecule has 4 aliphatic rings. The van der Waals surface area contributed by atoms with E-state index in [4.69, 9.17) is 0 Å². The fourth-order valence-electron chi connectivity index (χ4n) is 5.96. The second-order valence-corrected chi connectivity index (χ2v) is 9.89. The fourth-order valence-corrected chi connectivity index (χ4v) is 7.05. The molecule has 2 aromatic carbocycles. The number of carbonyl (C=O) groups excluding carboxylic acids is 1. The number of rotatable bonds is 1. The first-order valence-corrected chi connectivity index (χ1v) is 12.1. The first-order valence-electron chi connectivity index (χ1n) is 11.1. The molecule has 7 heteroatoms. The first kappa shape index (κ1) is 18.4. The van der Waals surface area contributed by atoms with Gasteiger partial charge in [0.2, 0.25) is 5.43 Å². The lowest BCUT2D eigenvalue weighted by atomic mass is 9.98. The number of piperidine rings is 1. The second-order valence-electron chi connectivity index (χ2n) is 8.87. The minimum atomic E-state index is -0.522. The number of pyridine rings is 1. The van der Waals surface area contributed by atoms with Gasteiger partial charge in [-0.1, -0.05) is 30.3 Å². The van der Waals surface area contributed by atoms with Gasteiger partial charge in [-0.05, 0) is 47.6 Å². The molecule has 7 rings (SSSR count). The van der Waals surface area contributed by atoms with Crippen LogP contribution in [0.2, 0.25) is 0 Å². The van der Waals surface area contributed by atoms with Crippen molar-refractivity contribution >= 4 is 17.7 Å². The predicted molar refractivity (Wildman–Crippen MR) is 123 cm³/mol. The van der Waals surface area contributed by atoms with Crippen LogP contribution in [-0.2, 0) is 5.75 Å². The number of nitrogens with zero attached hydrogens (tertiary/aromatic N) is 3. The number of carbonyl (C=O) groups is 1. The summed E-state index contributed by atoms with van der Waals surface area (Å²) in [4.78, 5) is 28.8. The van der Waals surface area contributed by atoms with Crippen LogP contribution < -0.4 is 10.4 Å². The summed E-state index contributed by atoms with van der Waals surface area (Å²) >= 11 is 1.87. The highest BCUT2D eigenvalue weighted by molar-refractivity contribution is 7.98. The highest BCUT2D eigenvalue weighted by Crippen LogP contribution is 2.55. The number of hydrogen-bond donors (Lipinski definition) is 1. The Hall–Kier alpha value is -3.19. The van der Waals surface area contributed by atoms with E-state index in [1.165, 1.54) is 38.8 Å². The number of benzene rings is 2. The molecule has 0 saturated carbocycles. The quantitative estimate of drug-likeness (QED) is 0.619. The number of thioether (sulfide) groups is 1. The lowest BCUT2D eigenvalue weighted by Crippen LogP contribution is -2.63. The van der Waals surface area contributed by atoms with Gasteiger partial charge in [0.25, 0.3) is 5.91 Å². The molecule has 2 atom stereocenters. The van der Waals surface area contributed by atoms with E-state index >= 15 is 0 Å². The van der Waals surface area contributed by atoms with E-state index in [0.717, 1.165) is 25.0 Å². The molecule has 1 aromatic heterocycles. The van der Waals surface area contributed by atoms with Crippen LogP contribution >= 0.6 is 11.8 Å². The van der Waals surface area contributed by atoms with Crippen molar-refractivity contribution < 1.29 is 9.90 Å². The summed E-state index contributed by atoms with van der Waals surface area (Å²) in [5.74, 6) is 0.221. The molecule has 3 aromatic rings. The highest BCUT2D eigenvalue weighted by Gasteiger charge is 2.47. The molecule has 1 N–H and O–H groups in total. The predicted octanol–water partition coefficient (Wildman–Crippen LogP) is 3.83. The van der Waals surface area contributed by atoms with E-state index in [1.807, 2.05) is 16.7 Å². The molecule has 160 valence electrons. The largest absolute Gasteiger partial charge is 0.502 e. The first-order chi connectivity index (χ1) is 15.6. The summed E-state index contributed by atoms with van der Waals surface area (Å²) in [6.45, 7) is 0.630. The Balaban J connectivity index is 1.54. The zero-order valence-corrected chi connectivity index (χ0v) is 18.1. The molecule has 1 aliphatic carbocycles. The van der Waals surface area contributed by atoms with Gasteiger partial charge in [-0.15, -0.1) is 11.8 Å². The van der Waals surface area contributed by atoms with Crippen LogP contribution in [-0.4, -0.2) is 33.3 Å². The zero-order valence-electron chi connectivity index (χ0n) is 17.3. The monoisotopic (exact) mass is 443 g/mol. The Kier molecular flexibility index (Phi) is 3.69. The van der Waals surface area contributed by atoms with Crippen LogP contribution in [0.1, 0.15) is 52.5 Å². The van der Waals surface area contributed by atoms with Crippen LogP contribution in [0.25, 0.3) is 11.1 Å². The number of aromatic hydroxyl groups is 1. The molecule has 1 saturated heterocycles. The number of aromatic nitrogens is 1. The van der Waals surface area contributed by atoms with Gasteiger partial charge in [-0.2, -0.15) is 0 Å². The molecule has 1 fully saturated rings. The van der Waals surface area contributed by atoms with Crippen LogP contribution in [0.3, 0.4) is 0 Å². The smallest absolute Gasteiger partial charge is 0.278 e. The van der Waals surface area contributed by atoms with E-state index in [-0.39, 0.29) is 23.8 Å². The van der Waals surface area contributed by atoms with Crippen molar-refractivity contribution in [3.8, 4) is 16.9 Å². The lowest BCUT2D eigenvalue weighted by molar-refractivity contribution is 0.0464. The topological polar surface area (TPSA) is 65.8 Å². The summed E-state index contributed by atoms with van der Waals surface area (Å²) in [6.07, 6.45) is 4.34. The maximum atomic E-state index is 13.4. The summed E-state index contributed by atoms with van der Waals surface area (Å²) in [5.41, 5.74) is 5.95. The van der Waals surface area contributed by atoms with Gasteiger partial charge in [0.1, 0.15) is 6.17 Å². The average Bonchev–Trinajstić information content (AvgIpc) is 3.16. The van der Waals surface area contributed by atoms with Gasteiger partial charge >= 0.3 is 0 Å². The van der Waals surface area contributed by atoms with E-state index in [9.17, 15) is 14.7 Å². The fraction of sp³-hybridized carbons (Fsp3) is 0.280. The third-order valence-electron chi connectivity index (χ3n) is 7.27. The van der Waals surface area contributed by atoms with Crippen LogP contribution in [0.15, 0.2) is 58.4 Å². The normalized spacial score (nSPS) is 22.4. The summed E-state index contributed by atoms with van der Waals surface area (Å²) in [6, 6.07) is 14.3. The van der Waals surface area contributed by atoms with Crippen molar-refractivity contribution in [3.05, 3.63) is 81.3 Å². The molecule has 1 amide bonds. The number of amides is 1. The maximum Gasteiger partial charge on any atom is 0.278 e. The SMILES string of the molecule is O=C1c2c(O)c(=O)ccn2N(C2c3cccc4c3-c3c(cccc32)SC4)C2CCCCN12. The van der Waals surface area contributed by atoms with E-state index in [1.54, 1.807) is 10.9 Å². The molecule has 0 radical (unpaired) electrons.